The van der Waals surface area contributed by atoms with Crippen molar-refractivity contribution >= 4 is 22.9 Å². The molecule has 0 radical (unpaired) electrons. The van der Waals surface area contributed by atoms with Gasteiger partial charge in [0, 0.05) is 17.7 Å². The summed E-state index contributed by atoms with van der Waals surface area (Å²) in [7, 11) is 0. The summed E-state index contributed by atoms with van der Waals surface area (Å²) in [6.07, 6.45) is -4.41. The van der Waals surface area contributed by atoms with Crippen LogP contribution in [0.5, 0.6) is 5.75 Å². The first-order valence-electron chi connectivity index (χ1n) is 18.3. The van der Waals surface area contributed by atoms with Crippen LogP contribution in [0.3, 0.4) is 0 Å². The van der Waals surface area contributed by atoms with Crippen molar-refractivity contribution in [2.75, 3.05) is 11.5 Å². The third-order valence-electron chi connectivity index (χ3n) is 10.8. The van der Waals surface area contributed by atoms with Crippen LogP contribution in [-0.4, -0.2) is 66.7 Å². The summed E-state index contributed by atoms with van der Waals surface area (Å²) >= 11 is 6.03. The topological polar surface area (TPSA) is 134 Å². The molecule has 280 valence electrons. The number of phenolic OH excluding ortho intramolecular Hbond substituents is 1. The molecular weight excluding hydrogens is 706 g/mol. The molecule has 2 aliphatic heterocycles. The van der Waals surface area contributed by atoms with E-state index in [2.05, 4.69) is 41.3 Å². The van der Waals surface area contributed by atoms with E-state index in [1.807, 2.05) is 42.5 Å². The summed E-state index contributed by atoms with van der Waals surface area (Å²) in [6.45, 7) is -0.508. The Kier molecular flexibility index (Phi) is 11.5. The monoisotopic (exact) mass is 749 g/mol. The number of hydrogen-bond donors (Lipinski definition) is 6. The molecule has 5 aromatic carbocycles. The van der Waals surface area contributed by atoms with E-state index in [1.54, 1.807) is 30.3 Å². The highest BCUT2D eigenvalue weighted by Crippen LogP contribution is 2.48. The number of aromatic hydroxyl groups is 1. The molecule has 5 aromatic rings. The van der Waals surface area contributed by atoms with Crippen molar-refractivity contribution in [2.24, 2.45) is 5.92 Å². The lowest BCUT2D eigenvalue weighted by Gasteiger charge is -2.40. The van der Waals surface area contributed by atoms with Gasteiger partial charge in [-0.15, -0.1) is 0 Å². The number of rotatable bonds is 11. The van der Waals surface area contributed by atoms with Gasteiger partial charge in [-0.05, 0) is 82.5 Å². The van der Waals surface area contributed by atoms with Gasteiger partial charge in [0.25, 0.3) is 0 Å². The Morgan fingerprint density at radius 2 is 1.39 bits per heavy atom. The second-order valence-corrected chi connectivity index (χ2v) is 14.7. The first-order chi connectivity index (χ1) is 26.1. The van der Waals surface area contributed by atoms with Crippen LogP contribution < -0.4 is 4.90 Å². The van der Waals surface area contributed by atoms with Crippen LogP contribution in [0.25, 0.3) is 22.3 Å². The van der Waals surface area contributed by atoms with Crippen molar-refractivity contribution in [1.82, 2.24) is 0 Å². The van der Waals surface area contributed by atoms with Gasteiger partial charge in [0.1, 0.15) is 42.1 Å². The van der Waals surface area contributed by atoms with Crippen molar-refractivity contribution < 1.29 is 39.8 Å². The van der Waals surface area contributed by atoms with Crippen molar-refractivity contribution in [3.63, 3.8) is 0 Å². The van der Waals surface area contributed by atoms with Gasteiger partial charge < -0.3 is 40.3 Å². The predicted molar refractivity (Wildman–Crippen MR) is 209 cm³/mol. The highest BCUT2D eigenvalue weighted by molar-refractivity contribution is 7.80. The Labute approximate surface area is 319 Å². The molecule has 7 rings (SSSR count). The Morgan fingerprint density at radius 3 is 2.06 bits per heavy atom. The molecule has 8 nitrogen and oxygen atoms in total. The third-order valence-corrected chi connectivity index (χ3v) is 11.2. The minimum absolute atomic E-state index is 0.0429. The van der Waals surface area contributed by atoms with E-state index >= 15 is 0 Å². The Hall–Kier alpha value is -4.52. The molecule has 6 N–H and O–H groups in total. The standard InChI is InChI=1S/C44H44FNO7S/c45-33-18-13-29(14-19-33)36(48)8-4-7-32-24-39(54)46(34-20-15-27(16-21-34)26-5-2-1-3-6-26)40(32)35-22-17-31(23-37(35)49)28-9-11-30(12-10-28)44-43(52)42(51)41(50)38(25-47)53-44/h1-3,5-6,9-23,32,36,38,40-44,47-52H,4,7-8,24-25H2. The fraction of sp³-hybridized carbons (Fsp3) is 0.295. The van der Waals surface area contributed by atoms with Gasteiger partial charge in [-0.25, -0.2) is 4.39 Å². The second kappa shape index (κ2) is 16.5. The molecule has 8 unspecified atom stereocenters. The van der Waals surface area contributed by atoms with Crippen molar-refractivity contribution in [3.8, 4) is 28.0 Å². The largest absolute Gasteiger partial charge is 0.508 e. The van der Waals surface area contributed by atoms with Crippen molar-refractivity contribution in [3.05, 3.63) is 144 Å². The molecule has 2 aliphatic rings. The van der Waals surface area contributed by atoms with Crippen molar-refractivity contribution in [1.29, 1.82) is 0 Å². The number of halogens is 1. The quantitative estimate of drug-likeness (QED) is 0.0778. The zero-order valence-corrected chi connectivity index (χ0v) is 30.3. The molecule has 0 aliphatic carbocycles. The lowest BCUT2D eigenvalue weighted by Crippen LogP contribution is -2.55. The number of aliphatic hydroxyl groups is 5. The summed E-state index contributed by atoms with van der Waals surface area (Å²) in [5.41, 5.74) is 6.63. The zero-order valence-electron chi connectivity index (χ0n) is 29.5. The first-order valence-corrected chi connectivity index (χ1v) is 18.7. The van der Waals surface area contributed by atoms with E-state index in [1.165, 1.54) is 12.1 Å². The van der Waals surface area contributed by atoms with Gasteiger partial charge in [0.05, 0.1) is 23.7 Å². The van der Waals surface area contributed by atoms with Crippen LogP contribution >= 0.6 is 12.2 Å². The van der Waals surface area contributed by atoms with Gasteiger partial charge in [-0.2, -0.15) is 0 Å². The molecule has 0 bridgehead atoms. The normalized spacial score (nSPS) is 24.8. The number of thiocarbonyl (C=S) groups is 1. The van der Waals surface area contributed by atoms with Crippen molar-refractivity contribution in [2.45, 2.75) is 68.3 Å². The van der Waals surface area contributed by atoms with E-state index in [-0.39, 0.29) is 23.5 Å². The Balaban J connectivity index is 1.14. The third kappa shape index (κ3) is 7.83. The summed E-state index contributed by atoms with van der Waals surface area (Å²) in [5, 5.41) is 63.2. The molecule has 54 heavy (non-hydrogen) atoms. The molecule has 0 spiro atoms. The van der Waals surface area contributed by atoms with Gasteiger partial charge in [-0.3, -0.25) is 0 Å². The highest BCUT2D eigenvalue weighted by Gasteiger charge is 2.44. The number of benzene rings is 5. The van der Waals surface area contributed by atoms with Crippen LogP contribution in [0, 0.1) is 11.7 Å². The lowest BCUT2D eigenvalue weighted by atomic mass is 9.87. The fourth-order valence-corrected chi connectivity index (χ4v) is 8.28. The van der Waals surface area contributed by atoms with E-state index < -0.39 is 43.2 Å². The summed E-state index contributed by atoms with van der Waals surface area (Å²) in [5.74, 6) is -0.190. The van der Waals surface area contributed by atoms with E-state index in [0.717, 1.165) is 44.9 Å². The second-order valence-electron chi connectivity index (χ2n) is 14.2. The minimum atomic E-state index is -1.47. The number of hydrogen-bond acceptors (Lipinski definition) is 8. The number of aliphatic hydroxyl groups excluding tert-OH is 5. The van der Waals surface area contributed by atoms with Crippen LogP contribution in [0.1, 0.15) is 60.6 Å². The number of ether oxygens (including phenoxy) is 1. The van der Waals surface area contributed by atoms with Gasteiger partial charge in [0.2, 0.25) is 0 Å². The molecule has 0 amide bonds. The summed E-state index contributed by atoms with van der Waals surface area (Å²) < 4.78 is 19.2. The van der Waals surface area contributed by atoms with E-state index in [9.17, 15) is 35.0 Å². The van der Waals surface area contributed by atoms with E-state index in [0.29, 0.717) is 30.4 Å². The first kappa shape index (κ1) is 37.8. The SMILES string of the molecule is OCC1OC(c2ccc(-c3ccc(C4C(CCCC(O)c5ccc(F)cc5)CC(=S)N4c4ccc(-c5ccccc5)cc4)c(O)c3)cc2)C(O)C(O)C1O. The van der Waals surface area contributed by atoms with Crippen LogP contribution in [0.2, 0.25) is 0 Å². The maximum atomic E-state index is 13.5. The molecule has 0 saturated carbocycles. The van der Waals surface area contributed by atoms with Gasteiger partial charge >= 0.3 is 0 Å². The average molecular weight is 750 g/mol. The van der Waals surface area contributed by atoms with Gasteiger partial charge in [0.15, 0.2) is 0 Å². The number of anilines is 1. The summed E-state index contributed by atoms with van der Waals surface area (Å²) in [4.78, 5) is 2.90. The molecule has 2 fully saturated rings. The minimum Gasteiger partial charge on any atom is -0.508 e. The fourth-order valence-electron chi connectivity index (χ4n) is 7.84. The molecule has 2 heterocycles. The maximum Gasteiger partial charge on any atom is 0.123 e. The molecule has 10 heteroatoms. The smallest absolute Gasteiger partial charge is 0.123 e. The Bertz CT molecular complexity index is 2030. The average Bonchev–Trinajstić information content (AvgIpc) is 3.52. The lowest BCUT2D eigenvalue weighted by molar-refractivity contribution is -0.231. The highest BCUT2D eigenvalue weighted by atomic mass is 32.1. The molecule has 2 saturated heterocycles. The molecular formula is C44H44FNO7S. The number of nitrogens with zero attached hydrogens (tertiary/aromatic N) is 1. The van der Waals surface area contributed by atoms with Crippen LogP contribution in [-0.2, 0) is 4.74 Å². The molecule has 8 atom stereocenters. The zero-order chi connectivity index (χ0) is 37.9. The van der Waals surface area contributed by atoms with Gasteiger partial charge in [-0.1, -0.05) is 110 Å². The van der Waals surface area contributed by atoms with Crippen LogP contribution in [0.15, 0.2) is 121 Å². The maximum absolute atomic E-state index is 13.5. The van der Waals surface area contributed by atoms with E-state index in [4.69, 9.17) is 17.0 Å². The predicted octanol–water partition coefficient (Wildman–Crippen LogP) is 7.18. The van der Waals surface area contributed by atoms with Crippen LogP contribution in [0.4, 0.5) is 10.1 Å². The molecule has 0 aromatic heterocycles. The number of phenols is 1. The summed E-state index contributed by atoms with van der Waals surface area (Å²) in [6, 6.07) is 36.8. The Morgan fingerprint density at radius 1 is 0.759 bits per heavy atom.